The summed E-state index contributed by atoms with van der Waals surface area (Å²) >= 11 is 5.21. The molecule has 1 saturated heterocycles. The van der Waals surface area contributed by atoms with Crippen molar-refractivity contribution < 1.29 is 23.9 Å². The largest absolute Gasteiger partial charge is 0.496 e. The fourth-order valence-corrected chi connectivity index (χ4v) is 3.23. The van der Waals surface area contributed by atoms with Crippen molar-refractivity contribution in [2.75, 3.05) is 7.11 Å². The molecule has 0 aliphatic carbocycles. The summed E-state index contributed by atoms with van der Waals surface area (Å²) in [5.41, 5.74) is 0.826. The minimum Gasteiger partial charge on any atom is -0.496 e. The number of hydrogen-bond donors (Lipinski definition) is 1. The number of amides is 1. The first-order chi connectivity index (χ1) is 14.0. The van der Waals surface area contributed by atoms with Gasteiger partial charge in [-0.2, -0.15) is 0 Å². The SMILES string of the molecule is COc1ccccc1/C=C1\NC(=S)N(/C=C2\C(=O)Oc3ccccc3C2=O)C1=O. The molecule has 2 heterocycles. The number of ether oxygens (including phenoxy) is 2. The van der Waals surface area contributed by atoms with Crippen molar-refractivity contribution in [3.63, 3.8) is 0 Å². The number of hydrogen-bond acceptors (Lipinski definition) is 6. The van der Waals surface area contributed by atoms with Crippen LogP contribution in [-0.2, 0) is 9.59 Å². The summed E-state index contributed by atoms with van der Waals surface area (Å²) in [7, 11) is 1.53. The lowest BCUT2D eigenvalue weighted by atomic mass is 10.0. The number of fused-ring (bicyclic) bond motifs is 1. The van der Waals surface area contributed by atoms with E-state index in [2.05, 4.69) is 5.32 Å². The Morgan fingerprint density at radius 2 is 1.79 bits per heavy atom. The van der Waals surface area contributed by atoms with Crippen molar-refractivity contribution in [2.45, 2.75) is 0 Å². The molecule has 8 heteroatoms. The van der Waals surface area contributed by atoms with E-state index in [0.29, 0.717) is 11.3 Å². The lowest BCUT2D eigenvalue weighted by molar-refractivity contribution is -0.130. The van der Waals surface area contributed by atoms with Gasteiger partial charge in [0.25, 0.3) is 5.91 Å². The number of nitrogens with zero attached hydrogens (tertiary/aromatic N) is 1. The molecule has 0 bridgehead atoms. The van der Waals surface area contributed by atoms with Gasteiger partial charge in [0.1, 0.15) is 22.8 Å². The van der Waals surface area contributed by atoms with Gasteiger partial charge in [0.2, 0.25) is 5.78 Å². The van der Waals surface area contributed by atoms with Crippen molar-refractivity contribution >= 4 is 41.1 Å². The zero-order valence-corrected chi connectivity index (χ0v) is 16.0. The number of rotatable bonds is 3. The minimum atomic E-state index is -0.841. The van der Waals surface area contributed by atoms with E-state index in [1.807, 2.05) is 6.07 Å². The normalized spacial score (nSPS) is 18.7. The number of carbonyl (C=O) groups excluding carboxylic acids is 3. The van der Waals surface area contributed by atoms with E-state index in [1.165, 1.54) is 13.2 Å². The summed E-state index contributed by atoms with van der Waals surface area (Å²) in [4.78, 5) is 38.8. The summed E-state index contributed by atoms with van der Waals surface area (Å²) in [6, 6.07) is 13.6. The molecule has 0 radical (unpaired) electrons. The Bertz CT molecular complexity index is 1140. The second kappa shape index (κ2) is 7.33. The Labute approximate surface area is 171 Å². The Morgan fingerprint density at radius 3 is 2.59 bits per heavy atom. The molecule has 1 amide bonds. The number of benzene rings is 2. The van der Waals surface area contributed by atoms with Gasteiger partial charge in [-0.05, 0) is 36.5 Å². The summed E-state index contributed by atoms with van der Waals surface area (Å²) in [5, 5.41) is 2.84. The first kappa shape index (κ1) is 18.6. The Balaban J connectivity index is 1.67. The summed E-state index contributed by atoms with van der Waals surface area (Å²) in [6.07, 6.45) is 2.70. The molecule has 1 fully saturated rings. The van der Waals surface area contributed by atoms with Crippen molar-refractivity contribution in [1.29, 1.82) is 0 Å². The monoisotopic (exact) mass is 406 g/mol. The van der Waals surface area contributed by atoms with Crippen LogP contribution in [0.4, 0.5) is 0 Å². The molecule has 2 aliphatic rings. The van der Waals surface area contributed by atoms with Gasteiger partial charge in [-0.1, -0.05) is 30.3 Å². The first-order valence-electron chi connectivity index (χ1n) is 8.56. The van der Waals surface area contributed by atoms with Crippen molar-refractivity contribution in [2.24, 2.45) is 0 Å². The quantitative estimate of drug-likeness (QED) is 0.276. The van der Waals surface area contributed by atoms with Crippen LogP contribution in [0, 0.1) is 0 Å². The third-order valence-corrected chi connectivity index (χ3v) is 4.70. The molecule has 0 unspecified atom stereocenters. The fraction of sp³-hybridized carbons (Fsp3) is 0.0476. The van der Waals surface area contributed by atoms with Crippen LogP contribution in [0.3, 0.4) is 0 Å². The Kier molecular flexibility index (Phi) is 4.69. The van der Waals surface area contributed by atoms with Crippen LogP contribution in [-0.4, -0.2) is 34.8 Å². The number of nitrogens with one attached hydrogen (secondary N) is 1. The molecule has 2 aliphatic heterocycles. The van der Waals surface area contributed by atoms with Crippen molar-refractivity contribution in [3.05, 3.63) is 77.1 Å². The van der Waals surface area contributed by atoms with Crippen LogP contribution in [0.15, 0.2) is 66.0 Å². The highest BCUT2D eigenvalue weighted by molar-refractivity contribution is 7.80. The Hall–Kier alpha value is -3.78. The average Bonchev–Trinajstić information content (AvgIpc) is 2.98. The van der Waals surface area contributed by atoms with Crippen LogP contribution in [0.5, 0.6) is 11.5 Å². The van der Waals surface area contributed by atoms with Crippen LogP contribution in [0.2, 0.25) is 0 Å². The zero-order chi connectivity index (χ0) is 20.5. The van der Waals surface area contributed by atoms with Gasteiger partial charge in [0.05, 0.1) is 12.7 Å². The van der Waals surface area contributed by atoms with E-state index in [4.69, 9.17) is 21.7 Å². The molecular formula is C21H14N2O5S. The summed E-state index contributed by atoms with van der Waals surface area (Å²) in [5.74, 6) is -1.11. The number of ketones is 1. The van der Waals surface area contributed by atoms with Crippen LogP contribution in [0.1, 0.15) is 15.9 Å². The molecule has 7 nitrogen and oxygen atoms in total. The van der Waals surface area contributed by atoms with E-state index < -0.39 is 17.7 Å². The number of thiocarbonyl (C=S) groups is 1. The molecule has 0 atom stereocenters. The molecule has 144 valence electrons. The van der Waals surface area contributed by atoms with Gasteiger partial charge < -0.3 is 14.8 Å². The van der Waals surface area contributed by atoms with Gasteiger partial charge in [0, 0.05) is 11.8 Å². The third-order valence-electron chi connectivity index (χ3n) is 4.41. The molecule has 0 aromatic heterocycles. The van der Waals surface area contributed by atoms with Gasteiger partial charge in [0.15, 0.2) is 5.11 Å². The number of para-hydroxylation sites is 2. The van der Waals surface area contributed by atoms with Gasteiger partial charge in [-0.3, -0.25) is 14.5 Å². The van der Waals surface area contributed by atoms with E-state index in [0.717, 1.165) is 11.1 Å². The molecular weight excluding hydrogens is 392 g/mol. The molecule has 0 spiro atoms. The number of methoxy groups -OCH3 is 1. The van der Waals surface area contributed by atoms with E-state index >= 15 is 0 Å². The molecule has 4 rings (SSSR count). The first-order valence-corrected chi connectivity index (χ1v) is 8.97. The highest BCUT2D eigenvalue weighted by Gasteiger charge is 2.35. The van der Waals surface area contributed by atoms with Crippen LogP contribution in [0.25, 0.3) is 6.08 Å². The lowest BCUT2D eigenvalue weighted by Gasteiger charge is -2.18. The number of esters is 1. The highest BCUT2D eigenvalue weighted by atomic mass is 32.1. The topological polar surface area (TPSA) is 84.9 Å². The molecule has 1 N–H and O–H groups in total. The maximum atomic E-state index is 12.8. The lowest BCUT2D eigenvalue weighted by Crippen LogP contribution is -2.31. The van der Waals surface area contributed by atoms with Gasteiger partial charge in [-0.25, -0.2) is 4.79 Å². The maximum absolute atomic E-state index is 12.8. The predicted molar refractivity (Wildman–Crippen MR) is 108 cm³/mol. The number of carbonyl (C=O) groups is 3. The van der Waals surface area contributed by atoms with Crippen molar-refractivity contribution in [3.8, 4) is 11.5 Å². The molecule has 2 aromatic rings. The smallest absolute Gasteiger partial charge is 0.349 e. The fourth-order valence-electron chi connectivity index (χ4n) is 2.98. The predicted octanol–water partition coefficient (Wildman–Crippen LogP) is 2.44. The molecule has 2 aromatic carbocycles. The third kappa shape index (κ3) is 3.30. The van der Waals surface area contributed by atoms with Crippen LogP contribution < -0.4 is 14.8 Å². The van der Waals surface area contributed by atoms with Gasteiger partial charge in [-0.15, -0.1) is 0 Å². The van der Waals surface area contributed by atoms with E-state index in [9.17, 15) is 14.4 Å². The average molecular weight is 406 g/mol. The standard InChI is InChI=1S/C21H14N2O5S/c1-27-16-8-4-2-6-12(16)10-15-19(25)23(21(29)22-15)11-14-18(24)13-7-3-5-9-17(13)28-20(14)26/h2-11H,1H3,(H,22,29)/b14-11-,15-10-. The van der Waals surface area contributed by atoms with E-state index in [1.54, 1.807) is 42.5 Å². The van der Waals surface area contributed by atoms with E-state index in [-0.39, 0.29) is 27.7 Å². The summed E-state index contributed by atoms with van der Waals surface area (Å²) in [6.45, 7) is 0. The Morgan fingerprint density at radius 1 is 1.07 bits per heavy atom. The highest BCUT2D eigenvalue weighted by Crippen LogP contribution is 2.28. The zero-order valence-electron chi connectivity index (χ0n) is 15.2. The number of Topliss-reactive ketones (excluding diaryl/α,β-unsaturated/α-hetero) is 1. The minimum absolute atomic E-state index is 0.0445. The second-order valence-corrected chi connectivity index (χ2v) is 6.55. The molecule has 29 heavy (non-hydrogen) atoms. The van der Waals surface area contributed by atoms with Crippen molar-refractivity contribution in [1.82, 2.24) is 10.2 Å². The van der Waals surface area contributed by atoms with Gasteiger partial charge >= 0.3 is 5.97 Å². The molecule has 0 saturated carbocycles. The second-order valence-electron chi connectivity index (χ2n) is 6.16. The maximum Gasteiger partial charge on any atom is 0.349 e. The van der Waals surface area contributed by atoms with Crippen LogP contribution >= 0.6 is 12.2 Å². The summed E-state index contributed by atoms with van der Waals surface area (Å²) < 4.78 is 10.5.